The number of guanidine groups is 1. The van der Waals surface area contributed by atoms with Crippen molar-refractivity contribution in [1.29, 1.82) is 0 Å². The number of amides is 1. The number of nitrogens with one attached hydrogen (secondary N) is 1. The molecule has 23 heavy (non-hydrogen) atoms. The average Bonchev–Trinajstić information content (AvgIpc) is 2.94. The number of carbonyl (C=O) groups excluding carboxylic acids is 1. The van der Waals surface area contributed by atoms with Gasteiger partial charge in [0.2, 0.25) is 5.89 Å². The monoisotopic (exact) mass is 438 g/mol. The minimum absolute atomic E-state index is 0. The molecule has 1 amide bonds. The van der Waals surface area contributed by atoms with Crippen molar-refractivity contribution in [2.45, 2.75) is 20.4 Å². The molecule has 0 spiro atoms. The normalized spacial score (nSPS) is 15.2. The molecule has 0 saturated carbocycles. The van der Waals surface area contributed by atoms with Crippen molar-refractivity contribution >= 4 is 36.0 Å². The molecule has 1 saturated heterocycles. The summed E-state index contributed by atoms with van der Waals surface area (Å²) in [6, 6.07) is 0. The van der Waals surface area contributed by atoms with Crippen molar-refractivity contribution < 1.29 is 14.1 Å². The van der Waals surface area contributed by atoms with E-state index >= 15 is 0 Å². The third kappa shape index (κ3) is 5.52. The second kappa shape index (κ2) is 9.53. The van der Waals surface area contributed by atoms with Gasteiger partial charge < -0.3 is 24.4 Å². The number of aromatic nitrogens is 2. The van der Waals surface area contributed by atoms with Gasteiger partial charge in [-0.25, -0.2) is 4.79 Å². The number of hydrogen-bond donors (Lipinski definition) is 1. The van der Waals surface area contributed by atoms with Gasteiger partial charge >= 0.3 is 6.09 Å². The van der Waals surface area contributed by atoms with Crippen molar-refractivity contribution in [3.05, 3.63) is 11.7 Å². The Hall–Kier alpha value is -1.59. The van der Waals surface area contributed by atoms with Gasteiger partial charge in [0, 0.05) is 33.2 Å². The Balaban J connectivity index is 0.00000264. The van der Waals surface area contributed by atoms with E-state index < -0.39 is 0 Å². The van der Waals surface area contributed by atoms with Gasteiger partial charge in [-0.3, -0.25) is 4.99 Å². The van der Waals surface area contributed by atoms with Crippen LogP contribution in [-0.2, 0) is 11.3 Å². The molecule has 9 nitrogen and oxygen atoms in total. The van der Waals surface area contributed by atoms with Crippen molar-refractivity contribution in [3.8, 4) is 0 Å². The first kappa shape index (κ1) is 19.5. The lowest BCUT2D eigenvalue weighted by atomic mass is 10.3. The first-order valence-corrected chi connectivity index (χ1v) is 7.30. The van der Waals surface area contributed by atoms with Gasteiger partial charge in [0.1, 0.15) is 0 Å². The van der Waals surface area contributed by atoms with Crippen LogP contribution in [0.1, 0.15) is 18.6 Å². The molecule has 2 heterocycles. The molecular weight excluding hydrogens is 415 g/mol. The summed E-state index contributed by atoms with van der Waals surface area (Å²) in [6.07, 6.45) is -0.258. The van der Waals surface area contributed by atoms with Crippen LogP contribution in [0.4, 0.5) is 4.79 Å². The zero-order valence-corrected chi connectivity index (χ0v) is 15.9. The van der Waals surface area contributed by atoms with Crippen LogP contribution in [0.3, 0.4) is 0 Å². The average molecular weight is 438 g/mol. The summed E-state index contributed by atoms with van der Waals surface area (Å²) in [5.41, 5.74) is 0. The summed E-state index contributed by atoms with van der Waals surface area (Å²) >= 11 is 0. The molecule has 1 aromatic heterocycles. The molecule has 0 unspecified atom stereocenters. The van der Waals surface area contributed by atoms with Crippen molar-refractivity contribution in [2.24, 2.45) is 4.99 Å². The van der Waals surface area contributed by atoms with Crippen LogP contribution in [0.2, 0.25) is 0 Å². The maximum Gasteiger partial charge on any atom is 0.409 e. The standard InChI is InChI=1S/C13H22N6O3.HI/c1-4-21-13(20)19-7-5-18(6-8-19)12(14-3)15-9-11-16-10(2)17-22-11;/h4-9H2,1-3H3,(H,14,15);1H. The van der Waals surface area contributed by atoms with E-state index in [1.165, 1.54) is 0 Å². The van der Waals surface area contributed by atoms with Crippen LogP contribution in [-0.4, -0.2) is 71.8 Å². The third-order valence-electron chi connectivity index (χ3n) is 3.28. The van der Waals surface area contributed by atoms with E-state index in [2.05, 4.69) is 25.3 Å². The molecule has 2 rings (SSSR count). The van der Waals surface area contributed by atoms with E-state index in [1.54, 1.807) is 25.8 Å². The highest BCUT2D eigenvalue weighted by Gasteiger charge is 2.23. The Morgan fingerprint density at radius 2 is 2.00 bits per heavy atom. The predicted octanol–water partition coefficient (Wildman–Crippen LogP) is 0.846. The smallest absolute Gasteiger partial charge is 0.409 e. The number of halogens is 1. The number of rotatable bonds is 3. The van der Waals surface area contributed by atoms with Crippen LogP contribution in [0.15, 0.2) is 9.52 Å². The summed E-state index contributed by atoms with van der Waals surface area (Å²) in [4.78, 5) is 23.8. The summed E-state index contributed by atoms with van der Waals surface area (Å²) < 4.78 is 10.1. The summed E-state index contributed by atoms with van der Waals surface area (Å²) in [5, 5.41) is 6.93. The number of ether oxygens (including phenoxy) is 1. The van der Waals surface area contributed by atoms with Crippen LogP contribution < -0.4 is 5.32 Å². The quantitative estimate of drug-likeness (QED) is 0.425. The van der Waals surface area contributed by atoms with E-state index in [0.29, 0.717) is 51.0 Å². The van der Waals surface area contributed by atoms with E-state index in [-0.39, 0.29) is 30.1 Å². The lowest BCUT2D eigenvalue weighted by Crippen LogP contribution is -2.53. The van der Waals surface area contributed by atoms with Crippen LogP contribution in [0, 0.1) is 6.92 Å². The molecule has 0 bridgehead atoms. The third-order valence-corrected chi connectivity index (χ3v) is 3.28. The predicted molar refractivity (Wildman–Crippen MR) is 94.8 cm³/mol. The highest BCUT2D eigenvalue weighted by Crippen LogP contribution is 2.05. The fourth-order valence-electron chi connectivity index (χ4n) is 2.21. The van der Waals surface area contributed by atoms with Gasteiger partial charge in [-0.15, -0.1) is 24.0 Å². The maximum absolute atomic E-state index is 11.7. The van der Waals surface area contributed by atoms with Gasteiger partial charge in [0.25, 0.3) is 0 Å². The summed E-state index contributed by atoms with van der Waals surface area (Å²) in [6.45, 7) is 7.01. The number of carbonyl (C=O) groups is 1. The topological polar surface area (TPSA) is 96.1 Å². The van der Waals surface area contributed by atoms with Gasteiger partial charge in [-0.05, 0) is 13.8 Å². The number of nitrogens with zero attached hydrogens (tertiary/aromatic N) is 5. The molecular formula is C13H23IN6O3. The Morgan fingerprint density at radius 3 is 2.52 bits per heavy atom. The van der Waals surface area contributed by atoms with Crippen LogP contribution in [0.25, 0.3) is 0 Å². The van der Waals surface area contributed by atoms with Gasteiger partial charge in [0.05, 0.1) is 13.2 Å². The molecule has 10 heteroatoms. The molecule has 1 fully saturated rings. The zero-order chi connectivity index (χ0) is 15.9. The Morgan fingerprint density at radius 1 is 1.35 bits per heavy atom. The van der Waals surface area contributed by atoms with Gasteiger partial charge in [0.15, 0.2) is 11.8 Å². The molecule has 0 radical (unpaired) electrons. The maximum atomic E-state index is 11.7. The molecule has 130 valence electrons. The molecule has 1 N–H and O–H groups in total. The summed E-state index contributed by atoms with van der Waals surface area (Å²) in [7, 11) is 1.72. The lowest BCUT2D eigenvalue weighted by Gasteiger charge is -2.35. The van der Waals surface area contributed by atoms with E-state index in [4.69, 9.17) is 9.26 Å². The Bertz CT molecular complexity index is 528. The molecule has 1 aromatic rings. The van der Waals surface area contributed by atoms with E-state index in [1.807, 2.05) is 0 Å². The SMILES string of the molecule is CCOC(=O)N1CCN(C(=NC)NCc2nc(C)no2)CC1.I. The molecule has 0 aromatic carbocycles. The fourth-order valence-corrected chi connectivity index (χ4v) is 2.21. The molecule has 1 aliphatic rings. The van der Waals surface area contributed by atoms with Crippen molar-refractivity contribution in [3.63, 3.8) is 0 Å². The fraction of sp³-hybridized carbons (Fsp3) is 0.692. The zero-order valence-electron chi connectivity index (χ0n) is 13.6. The second-order valence-electron chi connectivity index (χ2n) is 4.81. The highest BCUT2D eigenvalue weighted by molar-refractivity contribution is 14.0. The first-order valence-electron chi connectivity index (χ1n) is 7.30. The number of piperazine rings is 1. The molecule has 0 aliphatic carbocycles. The Labute approximate surface area is 152 Å². The largest absolute Gasteiger partial charge is 0.450 e. The lowest BCUT2D eigenvalue weighted by molar-refractivity contribution is 0.0914. The number of aryl methyl sites for hydroxylation is 1. The first-order chi connectivity index (χ1) is 10.6. The minimum atomic E-state index is -0.258. The van der Waals surface area contributed by atoms with Crippen LogP contribution >= 0.6 is 24.0 Å². The minimum Gasteiger partial charge on any atom is -0.450 e. The van der Waals surface area contributed by atoms with Gasteiger partial charge in [-0.1, -0.05) is 5.16 Å². The van der Waals surface area contributed by atoms with Crippen LogP contribution in [0.5, 0.6) is 0 Å². The van der Waals surface area contributed by atoms with E-state index in [9.17, 15) is 4.79 Å². The molecule has 0 atom stereocenters. The van der Waals surface area contributed by atoms with Gasteiger partial charge in [-0.2, -0.15) is 4.98 Å². The second-order valence-corrected chi connectivity index (χ2v) is 4.81. The number of hydrogen-bond acceptors (Lipinski definition) is 6. The Kier molecular flexibility index (Phi) is 8.06. The summed E-state index contributed by atoms with van der Waals surface area (Å²) in [5.74, 6) is 1.87. The molecule has 1 aliphatic heterocycles. The number of aliphatic imine (C=N–C) groups is 1. The van der Waals surface area contributed by atoms with E-state index in [0.717, 1.165) is 5.96 Å². The van der Waals surface area contributed by atoms with Crippen molar-refractivity contribution in [2.75, 3.05) is 39.8 Å². The van der Waals surface area contributed by atoms with Crippen molar-refractivity contribution in [1.82, 2.24) is 25.3 Å². The highest BCUT2D eigenvalue weighted by atomic mass is 127.